The Kier molecular flexibility index (Phi) is 2.52. The average molecular weight is 180 g/mol. The summed E-state index contributed by atoms with van der Waals surface area (Å²) >= 11 is 0. The molecule has 0 radical (unpaired) electrons. The molecule has 0 spiro atoms. The second-order valence-corrected chi connectivity index (χ2v) is 3.83. The van der Waals surface area contributed by atoms with E-state index in [9.17, 15) is 0 Å². The number of hydrogen-bond donors (Lipinski definition) is 1. The molecular weight excluding hydrogens is 164 g/mol. The summed E-state index contributed by atoms with van der Waals surface area (Å²) < 4.78 is 5.20. The molecule has 0 saturated heterocycles. The van der Waals surface area contributed by atoms with Gasteiger partial charge in [0.1, 0.15) is 6.26 Å². The Morgan fingerprint density at radius 1 is 1.54 bits per heavy atom. The van der Waals surface area contributed by atoms with Gasteiger partial charge in [0, 0.05) is 6.54 Å². The van der Waals surface area contributed by atoms with E-state index in [1.54, 1.807) is 6.26 Å². The highest BCUT2D eigenvalue weighted by Crippen LogP contribution is 2.24. The van der Waals surface area contributed by atoms with Crippen LogP contribution in [0.15, 0.2) is 10.7 Å². The van der Waals surface area contributed by atoms with Gasteiger partial charge in [-0.25, -0.2) is 0 Å². The molecule has 1 fully saturated rings. The third-order valence-corrected chi connectivity index (χ3v) is 2.64. The van der Waals surface area contributed by atoms with E-state index in [0.29, 0.717) is 6.01 Å². The van der Waals surface area contributed by atoms with Crippen LogP contribution >= 0.6 is 0 Å². The number of oxazole rings is 1. The van der Waals surface area contributed by atoms with E-state index >= 15 is 0 Å². The SMILES string of the molecule is Cc1coc(NCC2CCCC2)n1. The molecule has 1 aromatic heterocycles. The predicted octanol–water partition coefficient (Wildman–Crippen LogP) is 2.59. The lowest BCUT2D eigenvalue weighted by molar-refractivity contribution is 0.537. The number of aryl methyl sites for hydroxylation is 1. The summed E-state index contributed by atoms with van der Waals surface area (Å²) in [6, 6.07) is 0.671. The molecule has 3 heteroatoms. The Balaban J connectivity index is 1.78. The van der Waals surface area contributed by atoms with Crippen LogP contribution < -0.4 is 5.32 Å². The van der Waals surface area contributed by atoms with Crippen LogP contribution in [0.4, 0.5) is 6.01 Å². The first-order valence-corrected chi connectivity index (χ1v) is 5.00. The standard InChI is InChI=1S/C10H16N2O/c1-8-7-13-10(12-8)11-6-9-4-2-3-5-9/h7,9H,2-6H2,1H3,(H,11,12). The van der Waals surface area contributed by atoms with Crippen molar-refractivity contribution in [1.82, 2.24) is 4.98 Å². The maximum atomic E-state index is 5.20. The minimum absolute atomic E-state index is 0.671. The van der Waals surface area contributed by atoms with Crippen molar-refractivity contribution in [2.75, 3.05) is 11.9 Å². The average Bonchev–Trinajstić information content (AvgIpc) is 2.71. The fraction of sp³-hybridized carbons (Fsp3) is 0.700. The summed E-state index contributed by atoms with van der Waals surface area (Å²) in [6.45, 7) is 2.95. The molecule has 1 heterocycles. The van der Waals surface area contributed by atoms with Crippen LogP contribution in [0.1, 0.15) is 31.4 Å². The van der Waals surface area contributed by atoms with E-state index in [0.717, 1.165) is 18.2 Å². The minimum atomic E-state index is 0.671. The van der Waals surface area contributed by atoms with Gasteiger partial charge < -0.3 is 9.73 Å². The zero-order valence-corrected chi connectivity index (χ0v) is 8.05. The summed E-state index contributed by atoms with van der Waals surface area (Å²) in [7, 11) is 0. The molecule has 0 amide bonds. The molecule has 1 N–H and O–H groups in total. The zero-order chi connectivity index (χ0) is 9.10. The van der Waals surface area contributed by atoms with Crippen molar-refractivity contribution in [3.8, 4) is 0 Å². The van der Waals surface area contributed by atoms with E-state index in [1.807, 2.05) is 6.92 Å². The van der Waals surface area contributed by atoms with Gasteiger partial charge in [0.25, 0.3) is 6.01 Å². The van der Waals surface area contributed by atoms with Crippen LogP contribution in [0.25, 0.3) is 0 Å². The summed E-state index contributed by atoms with van der Waals surface area (Å²) in [5.41, 5.74) is 0.939. The van der Waals surface area contributed by atoms with Gasteiger partial charge in [-0.15, -0.1) is 0 Å². The van der Waals surface area contributed by atoms with Crippen LogP contribution in [-0.2, 0) is 0 Å². The van der Waals surface area contributed by atoms with Gasteiger partial charge in [0.2, 0.25) is 0 Å². The van der Waals surface area contributed by atoms with Gasteiger partial charge in [0.05, 0.1) is 5.69 Å². The smallest absolute Gasteiger partial charge is 0.294 e. The maximum Gasteiger partial charge on any atom is 0.294 e. The van der Waals surface area contributed by atoms with Crippen molar-refractivity contribution in [2.24, 2.45) is 5.92 Å². The first-order chi connectivity index (χ1) is 6.34. The lowest BCUT2D eigenvalue weighted by Crippen LogP contribution is -2.10. The molecule has 2 rings (SSSR count). The molecule has 13 heavy (non-hydrogen) atoms. The first kappa shape index (κ1) is 8.60. The van der Waals surface area contributed by atoms with E-state index < -0.39 is 0 Å². The van der Waals surface area contributed by atoms with Gasteiger partial charge in [-0.2, -0.15) is 4.98 Å². The molecule has 1 aliphatic rings. The Morgan fingerprint density at radius 3 is 2.92 bits per heavy atom. The Hall–Kier alpha value is -0.990. The van der Waals surface area contributed by atoms with Crippen molar-refractivity contribution >= 4 is 6.01 Å². The number of nitrogens with one attached hydrogen (secondary N) is 1. The highest BCUT2D eigenvalue weighted by Gasteiger charge is 2.14. The van der Waals surface area contributed by atoms with E-state index in [-0.39, 0.29) is 0 Å². The van der Waals surface area contributed by atoms with Crippen LogP contribution in [0.2, 0.25) is 0 Å². The van der Waals surface area contributed by atoms with E-state index in [4.69, 9.17) is 4.42 Å². The van der Waals surface area contributed by atoms with Crippen molar-refractivity contribution in [2.45, 2.75) is 32.6 Å². The molecule has 3 nitrogen and oxygen atoms in total. The van der Waals surface area contributed by atoms with Gasteiger partial charge >= 0.3 is 0 Å². The maximum absolute atomic E-state index is 5.20. The van der Waals surface area contributed by atoms with Gasteiger partial charge in [-0.3, -0.25) is 0 Å². The number of nitrogens with zero attached hydrogens (tertiary/aromatic N) is 1. The monoisotopic (exact) mass is 180 g/mol. The van der Waals surface area contributed by atoms with Crippen molar-refractivity contribution < 1.29 is 4.42 Å². The normalized spacial score (nSPS) is 17.9. The topological polar surface area (TPSA) is 38.1 Å². The molecule has 0 aromatic carbocycles. The number of rotatable bonds is 3. The Morgan fingerprint density at radius 2 is 2.31 bits per heavy atom. The second kappa shape index (κ2) is 3.81. The highest BCUT2D eigenvalue weighted by molar-refractivity contribution is 5.20. The summed E-state index contributed by atoms with van der Waals surface area (Å²) in [5, 5.41) is 3.23. The van der Waals surface area contributed by atoms with Gasteiger partial charge in [0.15, 0.2) is 0 Å². The Bertz CT molecular complexity index is 264. The molecule has 1 aliphatic carbocycles. The van der Waals surface area contributed by atoms with Crippen LogP contribution in [-0.4, -0.2) is 11.5 Å². The summed E-state index contributed by atoms with van der Waals surface area (Å²) in [6.07, 6.45) is 7.16. The van der Waals surface area contributed by atoms with E-state index in [2.05, 4.69) is 10.3 Å². The van der Waals surface area contributed by atoms with Crippen LogP contribution in [0, 0.1) is 12.8 Å². The fourth-order valence-electron chi connectivity index (χ4n) is 1.88. The first-order valence-electron chi connectivity index (χ1n) is 5.00. The van der Waals surface area contributed by atoms with Crippen LogP contribution in [0.3, 0.4) is 0 Å². The molecule has 1 aromatic rings. The zero-order valence-electron chi connectivity index (χ0n) is 8.05. The van der Waals surface area contributed by atoms with Crippen LogP contribution in [0.5, 0.6) is 0 Å². The summed E-state index contributed by atoms with van der Waals surface area (Å²) in [4.78, 5) is 4.19. The molecule has 0 atom stereocenters. The molecular formula is C10H16N2O. The van der Waals surface area contributed by atoms with E-state index in [1.165, 1.54) is 25.7 Å². The third-order valence-electron chi connectivity index (χ3n) is 2.64. The van der Waals surface area contributed by atoms with Gasteiger partial charge in [-0.1, -0.05) is 12.8 Å². The third kappa shape index (κ3) is 2.23. The summed E-state index contributed by atoms with van der Waals surface area (Å²) in [5.74, 6) is 0.826. The molecule has 0 aliphatic heterocycles. The number of hydrogen-bond acceptors (Lipinski definition) is 3. The van der Waals surface area contributed by atoms with Crippen molar-refractivity contribution in [3.63, 3.8) is 0 Å². The largest absolute Gasteiger partial charge is 0.432 e. The number of aromatic nitrogens is 1. The highest BCUT2D eigenvalue weighted by atomic mass is 16.4. The lowest BCUT2D eigenvalue weighted by Gasteiger charge is -2.07. The molecule has 0 unspecified atom stereocenters. The second-order valence-electron chi connectivity index (χ2n) is 3.83. The fourth-order valence-corrected chi connectivity index (χ4v) is 1.88. The quantitative estimate of drug-likeness (QED) is 0.777. The van der Waals surface area contributed by atoms with Crippen molar-refractivity contribution in [1.29, 1.82) is 0 Å². The minimum Gasteiger partial charge on any atom is -0.432 e. The number of anilines is 1. The molecule has 0 bridgehead atoms. The van der Waals surface area contributed by atoms with Gasteiger partial charge in [-0.05, 0) is 25.7 Å². The molecule has 72 valence electrons. The Labute approximate surface area is 78.5 Å². The predicted molar refractivity (Wildman–Crippen MR) is 51.7 cm³/mol. The van der Waals surface area contributed by atoms with Crippen molar-refractivity contribution in [3.05, 3.63) is 12.0 Å². The molecule has 1 saturated carbocycles. The lowest BCUT2D eigenvalue weighted by atomic mass is 10.1.